The first-order valence-corrected chi connectivity index (χ1v) is 5.56. The average molecular weight is 232 g/mol. The normalized spacial score (nSPS) is 9.93. The Morgan fingerprint density at radius 1 is 1.50 bits per heavy atom. The standard InChI is InChI=1S/C10H14ClNOS/c1-2-13-10-4-3-8(7-9(10)11)12-5-6-14/h3-4,7,12,14H,2,5-6H2,1H3. The Kier molecular flexibility index (Phi) is 4.98. The molecule has 0 bridgehead atoms. The summed E-state index contributed by atoms with van der Waals surface area (Å²) < 4.78 is 5.32. The molecule has 1 aromatic rings. The van der Waals surface area contributed by atoms with E-state index in [2.05, 4.69) is 17.9 Å². The zero-order valence-corrected chi connectivity index (χ0v) is 9.74. The first-order valence-electron chi connectivity index (χ1n) is 4.55. The van der Waals surface area contributed by atoms with Crippen molar-refractivity contribution in [2.75, 3.05) is 24.2 Å². The van der Waals surface area contributed by atoms with Crippen LogP contribution in [0.15, 0.2) is 18.2 Å². The van der Waals surface area contributed by atoms with Crippen molar-refractivity contribution in [3.8, 4) is 5.75 Å². The van der Waals surface area contributed by atoms with Gasteiger partial charge in [0.05, 0.1) is 11.6 Å². The molecule has 0 atom stereocenters. The highest BCUT2D eigenvalue weighted by atomic mass is 35.5. The monoisotopic (exact) mass is 231 g/mol. The van der Waals surface area contributed by atoms with Gasteiger partial charge < -0.3 is 10.1 Å². The molecular formula is C10H14ClNOS. The summed E-state index contributed by atoms with van der Waals surface area (Å²) in [4.78, 5) is 0. The molecule has 0 spiro atoms. The van der Waals surface area contributed by atoms with Gasteiger partial charge >= 0.3 is 0 Å². The number of hydrogen-bond donors (Lipinski definition) is 2. The molecule has 0 aliphatic carbocycles. The summed E-state index contributed by atoms with van der Waals surface area (Å²) in [6, 6.07) is 5.67. The Bertz CT molecular complexity index is 293. The lowest BCUT2D eigenvalue weighted by Gasteiger charge is -2.08. The second kappa shape index (κ2) is 6.04. The van der Waals surface area contributed by atoms with Gasteiger partial charge in [-0.3, -0.25) is 0 Å². The molecular weight excluding hydrogens is 218 g/mol. The summed E-state index contributed by atoms with van der Waals surface area (Å²) in [5.41, 5.74) is 0.993. The predicted octanol–water partition coefficient (Wildman–Crippen LogP) is 3.08. The van der Waals surface area contributed by atoms with Gasteiger partial charge in [-0.25, -0.2) is 0 Å². The van der Waals surface area contributed by atoms with Gasteiger partial charge in [-0.15, -0.1) is 0 Å². The van der Waals surface area contributed by atoms with E-state index < -0.39 is 0 Å². The number of ether oxygens (including phenoxy) is 1. The molecule has 0 saturated carbocycles. The van der Waals surface area contributed by atoms with Crippen LogP contribution in [0.25, 0.3) is 0 Å². The Labute approximate surface area is 95.0 Å². The minimum absolute atomic E-state index is 0.628. The fraction of sp³-hybridized carbons (Fsp3) is 0.400. The van der Waals surface area contributed by atoms with Crippen LogP contribution in [0.1, 0.15) is 6.92 Å². The van der Waals surface area contributed by atoms with E-state index in [0.29, 0.717) is 11.6 Å². The molecule has 0 heterocycles. The molecule has 0 radical (unpaired) electrons. The maximum absolute atomic E-state index is 6.00. The summed E-state index contributed by atoms with van der Waals surface area (Å²) in [6.07, 6.45) is 0. The average Bonchev–Trinajstić information content (AvgIpc) is 2.19. The van der Waals surface area contributed by atoms with Gasteiger partial charge in [-0.05, 0) is 25.1 Å². The maximum Gasteiger partial charge on any atom is 0.138 e. The molecule has 0 amide bonds. The van der Waals surface area contributed by atoms with Crippen molar-refractivity contribution in [2.24, 2.45) is 0 Å². The highest BCUT2D eigenvalue weighted by Gasteiger charge is 2.01. The van der Waals surface area contributed by atoms with Crippen molar-refractivity contribution < 1.29 is 4.74 Å². The quantitative estimate of drug-likeness (QED) is 0.760. The van der Waals surface area contributed by atoms with Gasteiger partial charge in [0.1, 0.15) is 5.75 Å². The second-order valence-corrected chi connectivity index (χ2v) is 3.58. The van der Waals surface area contributed by atoms with Crippen LogP contribution < -0.4 is 10.1 Å². The second-order valence-electron chi connectivity index (χ2n) is 2.73. The maximum atomic E-state index is 6.00. The van der Waals surface area contributed by atoms with Crippen LogP contribution >= 0.6 is 24.2 Å². The van der Waals surface area contributed by atoms with Crippen LogP contribution in [0.3, 0.4) is 0 Å². The smallest absolute Gasteiger partial charge is 0.138 e. The van der Waals surface area contributed by atoms with Crippen molar-refractivity contribution in [1.82, 2.24) is 0 Å². The molecule has 14 heavy (non-hydrogen) atoms. The first kappa shape index (κ1) is 11.5. The fourth-order valence-corrected chi connectivity index (χ4v) is 1.43. The highest BCUT2D eigenvalue weighted by Crippen LogP contribution is 2.27. The third-order valence-electron chi connectivity index (χ3n) is 1.67. The number of nitrogens with one attached hydrogen (secondary N) is 1. The third kappa shape index (κ3) is 3.31. The summed E-state index contributed by atoms with van der Waals surface area (Å²) >= 11 is 10.1. The molecule has 0 aliphatic heterocycles. The van der Waals surface area contributed by atoms with Gasteiger partial charge in [-0.2, -0.15) is 12.6 Å². The van der Waals surface area contributed by atoms with Gasteiger partial charge in [0.15, 0.2) is 0 Å². The largest absolute Gasteiger partial charge is 0.492 e. The minimum Gasteiger partial charge on any atom is -0.492 e. The van der Waals surface area contributed by atoms with Crippen LogP contribution in [0.4, 0.5) is 5.69 Å². The van der Waals surface area contributed by atoms with Gasteiger partial charge in [-0.1, -0.05) is 11.6 Å². The van der Waals surface area contributed by atoms with E-state index in [-0.39, 0.29) is 0 Å². The molecule has 78 valence electrons. The van der Waals surface area contributed by atoms with E-state index in [0.717, 1.165) is 23.7 Å². The Balaban J connectivity index is 2.68. The molecule has 2 nitrogen and oxygen atoms in total. The van der Waals surface area contributed by atoms with Crippen LogP contribution in [0, 0.1) is 0 Å². The summed E-state index contributed by atoms with van der Waals surface area (Å²) in [6.45, 7) is 3.39. The van der Waals surface area contributed by atoms with Crippen LogP contribution in [-0.2, 0) is 0 Å². The number of hydrogen-bond acceptors (Lipinski definition) is 3. The number of thiol groups is 1. The van der Waals surface area contributed by atoms with Gasteiger partial charge in [0.2, 0.25) is 0 Å². The molecule has 0 unspecified atom stereocenters. The molecule has 0 aliphatic rings. The van der Waals surface area contributed by atoms with E-state index >= 15 is 0 Å². The van der Waals surface area contributed by atoms with E-state index in [1.54, 1.807) is 0 Å². The van der Waals surface area contributed by atoms with E-state index in [9.17, 15) is 0 Å². The van der Waals surface area contributed by atoms with Crippen LogP contribution in [-0.4, -0.2) is 18.9 Å². The lowest BCUT2D eigenvalue weighted by atomic mass is 10.3. The molecule has 0 aromatic heterocycles. The fourth-order valence-electron chi connectivity index (χ4n) is 1.08. The molecule has 1 rings (SSSR count). The Hall–Kier alpha value is -0.540. The van der Waals surface area contributed by atoms with Crippen molar-refractivity contribution in [3.63, 3.8) is 0 Å². The van der Waals surface area contributed by atoms with E-state index in [4.69, 9.17) is 16.3 Å². The SMILES string of the molecule is CCOc1ccc(NCCS)cc1Cl. The third-order valence-corrected chi connectivity index (χ3v) is 2.19. The van der Waals surface area contributed by atoms with Crippen LogP contribution in [0.5, 0.6) is 5.75 Å². The predicted molar refractivity (Wildman–Crippen MR) is 65.0 cm³/mol. The Morgan fingerprint density at radius 3 is 2.86 bits per heavy atom. The van der Waals surface area contributed by atoms with E-state index in [1.807, 2.05) is 25.1 Å². The zero-order valence-electron chi connectivity index (χ0n) is 8.09. The molecule has 1 N–H and O–H groups in total. The van der Waals surface area contributed by atoms with Crippen LogP contribution in [0.2, 0.25) is 5.02 Å². The van der Waals surface area contributed by atoms with Crippen molar-refractivity contribution in [3.05, 3.63) is 23.2 Å². The van der Waals surface area contributed by atoms with Gasteiger partial charge in [0, 0.05) is 18.0 Å². The highest BCUT2D eigenvalue weighted by molar-refractivity contribution is 7.80. The number of anilines is 1. The summed E-state index contributed by atoms with van der Waals surface area (Å²) in [7, 11) is 0. The molecule has 1 aromatic carbocycles. The zero-order chi connectivity index (χ0) is 10.4. The van der Waals surface area contributed by atoms with Gasteiger partial charge in [0.25, 0.3) is 0 Å². The van der Waals surface area contributed by atoms with Crippen molar-refractivity contribution >= 4 is 29.9 Å². The molecule has 0 saturated heterocycles. The lowest BCUT2D eigenvalue weighted by Crippen LogP contribution is -2.02. The van der Waals surface area contributed by atoms with Crippen molar-refractivity contribution in [1.29, 1.82) is 0 Å². The topological polar surface area (TPSA) is 21.3 Å². The lowest BCUT2D eigenvalue weighted by molar-refractivity contribution is 0.340. The summed E-state index contributed by atoms with van der Waals surface area (Å²) in [5, 5.41) is 3.82. The Morgan fingerprint density at radius 2 is 2.29 bits per heavy atom. The minimum atomic E-state index is 0.628. The first-order chi connectivity index (χ1) is 6.77. The van der Waals surface area contributed by atoms with Crippen molar-refractivity contribution in [2.45, 2.75) is 6.92 Å². The molecule has 0 fully saturated rings. The molecule has 4 heteroatoms. The van der Waals surface area contributed by atoms with E-state index in [1.165, 1.54) is 0 Å². The summed E-state index contributed by atoms with van der Waals surface area (Å²) in [5.74, 6) is 1.52. The number of rotatable bonds is 5. The number of benzene rings is 1. The number of halogens is 1.